The molecule has 0 bridgehead atoms. The summed E-state index contributed by atoms with van der Waals surface area (Å²) in [4.78, 5) is 24.3. The van der Waals surface area contributed by atoms with Gasteiger partial charge in [0, 0.05) is 20.1 Å². The van der Waals surface area contributed by atoms with Crippen LogP contribution in [0, 0.1) is 0 Å². The minimum atomic E-state index is -0.287. The number of halogens is 1. The number of benzene rings is 1. The number of amides is 1. The molecule has 1 fully saturated rings. The number of hydrogen-bond donors (Lipinski definition) is 1. The molecule has 1 amide bonds. The topological polar surface area (TPSA) is 75.4 Å². The molecule has 1 atom stereocenters. The van der Waals surface area contributed by atoms with Crippen LogP contribution in [0.5, 0.6) is 0 Å². The Balaban J connectivity index is 1.75. The molecule has 1 unspecified atom stereocenters. The van der Waals surface area contributed by atoms with Gasteiger partial charge in [0.25, 0.3) is 0 Å². The van der Waals surface area contributed by atoms with Gasteiger partial charge in [0.05, 0.1) is 0 Å². The van der Waals surface area contributed by atoms with E-state index in [1.165, 1.54) is 6.33 Å². The first-order chi connectivity index (χ1) is 11.1. The van der Waals surface area contributed by atoms with Crippen molar-refractivity contribution >= 4 is 29.1 Å². The minimum Gasteiger partial charge on any atom is -0.382 e. The summed E-state index contributed by atoms with van der Waals surface area (Å²) in [7, 11) is 1.81. The second-order valence-corrected chi connectivity index (χ2v) is 5.94. The molecule has 6 nitrogen and oxygen atoms in total. The van der Waals surface area contributed by atoms with Crippen LogP contribution in [0.1, 0.15) is 12.0 Å². The number of carbonyl (C=O) groups excluding carboxylic acids is 1. The first kappa shape index (κ1) is 15.6. The second-order valence-electron chi connectivity index (χ2n) is 5.56. The third kappa shape index (κ3) is 3.07. The maximum atomic E-state index is 12.7. The van der Waals surface area contributed by atoms with Crippen molar-refractivity contribution in [2.45, 2.75) is 19.0 Å². The molecule has 0 saturated carbocycles. The Morgan fingerprint density at radius 1 is 1.35 bits per heavy atom. The van der Waals surface area contributed by atoms with Crippen molar-refractivity contribution in [3.8, 4) is 0 Å². The van der Waals surface area contributed by atoms with E-state index in [0.29, 0.717) is 18.9 Å². The molecule has 2 heterocycles. The largest absolute Gasteiger partial charge is 0.382 e. The van der Waals surface area contributed by atoms with Gasteiger partial charge in [-0.2, -0.15) is 0 Å². The van der Waals surface area contributed by atoms with Gasteiger partial charge >= 0.3 is 0 Å². The molecular weight excluding hydrogens is 314 g/mol. The van der Waals surface area contributed by atoms with Crippen LogP contribution in [0.3, 0.4) is 0 Å². The summed E-state index contributed by atoms with van der Waals surface area (Å²) in [6.45, 7) is 1.32. The van der Waals surface area contributed by atoms with Gasteiger partial charge in [-0.3, -0.25) is 4.79 Å². The van der Waals surface area contributed by atoms with Crippen molar-refractivity contribution in [3.05, 3.63) is 47.2 Å². The summed E-state index contributed by atoms with van der Waals surface area (Å²) in [5.41, 5.74) is 6.84. The van der Waals surface area contributed by atoms with E-state index < -0.39 is 0 Å². The van der Waals surface area contributed by atoms with Crippen LogP contribution in [0.2, 0.25) is 5.02 Å². The highest BCUT2D eigenvalue weighted by Crippen LogP contribution is 2.30. The molecule has 3 rings (SSSR count). The number of aromatic nitrogens is 2. The van der Waals surface area contributed by atoms with Gasteiger partial charge in [0.1, 0.15) is 23.2 Å². The molecule has 1 saturated heterocycles. The number of nitrogens with zero attached hydrogens (tertiary/aromatic N) is 4. The van der Waals surface area contributed by atoms with Gasteiger partial charge in [-0.25, -0.2) is 9.97 Å². The molecular formula is C16H18ClN5O. The molecule has 2 aromatic rings. The SMILES string of the molecule is CN(c1ncnc(N)c1Cl)C1CCN(Cc2ccccc2)C1=O. The smallest absolute Gasteiger partial charge is 0.245 e. The molecule has 23 heavy (non-hydrogen) atoms. The number of likely N-dealkylation sites (N-methyl/N-ethyl adjacent to an activating group) is 1. The highest BCUT2D eigenvalue weighted by atomic mass is 35.5. The van der Waals surface area contributed by atoms with E-state index >= 15 is 0 Å². The van der Waals surface area contributed by atoms with Crippen LogP contribution >= 0.6 is 11.6 Å². The molecule has 2 N–H and O–H groups in total. The van der Waals surface area contributed by atoms with Gasteiger partial charge < -0.3 is 15.5 Å². The molecule has 0 radical (unpaired) electrons. The molecule has 1 aromatic heterocycles. The zero-order chi connectivity index (χ0) is 16.4. The normalized spacial score (nSPS) is 17.6. The fourth-order valence-corrected chi connectivity index (χ4v) is 3.04. The Morgan fingerprint density at radius 2 is 2.09 bits per heavy atom. The highest BCUT2D eigenvalue weighted by Gasteiger charge is 2.35. The fraction of sp³-hybridized carbons (Fsp3) is 0.312. The summed E-state index contributed by atoms with van der Waals surface area (Å²) in [5, 5.41) is 0.282. The summed E-state index contributed by atoms with van der Waals surface area (Å²) < 4.78 is 0. The lowest BCUT2D eigenvalue weighted by Gasteiger charge is -2.25. The molecule has 1 aliphatic heterocycles. The average molecular weight is 332 g/mol. The number of rotatable bonds is 4. The van der Waals surface area contributed by atoms with E-state index in [0.717, 1.165) is 12.0 Å². The number of carbonyl (C=O) groups is 1. The van der Waals surface area contributed by atoms with Crippen LogP contribution in [0.15, 0.2) is 36.7 Å². The van der Waals surface area contributed by atoms with Gasteiger partial charge in [0.2, 0.25) is 5.91 Å². The van der Waals surface area contributed by atoms with E-state index in [9.17, 15) is 4.79 Å². The number of hydrogen-bond acceptors (Lipinski definition) is 5. The molecule has 7 heteroatoms. The van der Waals surface area contributed by atoms with Crippen molar-refractivity contribution < 1.29 is 4.79 Å². The fourth-order valence-electron chi connectivity index (χ4n) is 2.81. The van der Waals surface area contributed by atoms with Crippen molar-refractivity contribution in [1.29, 1.82) is 0 Å². The number of nitrogen functional groups attached to an aromatic ring is 1. The lowest BCUT2D eigenvalue weighted by molar-refractivity contribution is -0.129. The van der Waals surface area contributed by atoms with Crippen molar-refractivity contribution in [2.24, 2.45) is 0 Å². The van der Waals surface area contributed by atoms with Gasteiger partial charge in [-0.1, -0.05) is 41.9 Å². The first-order valence-electron chi connectivity index (χ1n) is 7.39. The standard InChI is InChI=1S/C16H18ClN5O/c1-21(15-13(17)14(18)19-10-20-15)12-7-8-22(16(12)23)9-11-5-3-2-4-6-11/h2-6,10,12H,7-9H2,1H3,(H2,18,19,20). The van der Waals surface area contributed by atoms with Crippen LogP contribution < -0.4 is 10.6 Å². The van der Waals surface area contributed by atoms with Crippen molar-refractivity contribution in [1.82, 2.24) is 14.9 Å². The van der Waals surface area contributed by atoms with Crippen LogP contribution in [0.25, 0.3) is 0 Å². The van der Waals surface area contributed by atoms with Crippen molar-refractivity contribution in [3.63, 3.8) is 0 Å². The Morgan fingerprint density at radius 3 is 2.83 bits per heavy atom. The lowest BCUT2D eigenvalue weighted by Crippen LogP contribution is -2.40. The van der Waals surface area contributed by atoms with Crippen molar-refractivity contribution in [2.75, 3.05) is 24.2 Å². The van der Waals surface area contributed by atoms with E-state index in [1.807, 2.05) is 42.3 Å². The maximum Gasteiger partial charge on any atom is 0.245 e. The van der Waals surface area contributed by atoms with Crippen LogP contribution in [0.4, 0.5) is 11.6 Å². The van der Waals surface area contributed by atoms with E-state index in [2.05, 4.69) is 9.97 Å². The predicted octanol–water partition coefficient (Wildman–Crippen LogP) is 1.95. The van der Waals surface area contributed by atoms with Gasteiger partial charge in [-0.15, -0.1) is 0 Å². The van der Waals surface area contributed by atoms with Crippen LogP contribution in [-0.4, -0.2) is 40.4 Å². The summed E-state index contributed by atoms with van der Waals surface area (Å²) >= 11 is 6.16. The third-order valence-electron chi connectivity index (χ3n) is 4.09. The zero-order valence-corrected chi connectivity index (χ0v) is 13.6. The zero-order valence-electron chi connectivity index (χ0n) is 12.8. The Labute approximate surface area is 139 Å². The van der Waals surface area contributed by atoms with E-state index in [4.69, 9.17) is 17.3 Å². The molecule has 1 aromatic carbocycles. The Kier molecular flexibility index (Phi) is 4.34. The third-order valence-corrected chi connectivity index (χ3v) is 4.45. The average Bonchev–Trinajstić information content (AvgIpc) is 2.91. The highest BCUT2D eigenvalue weighted by molar-refractivity contribution is 6.35. The summed E-state index contributed by atoms with van der Waals surface area (Å²) in [5.74, 6) is 0.777. The monoisotopic (exact) mass is 331 g/mol. The Hall–Kier alpha value is -2.34. The molecule has 120 valence electrons. The quantitative estimate of drug-likeness (QED) is 0.926. The second kappa shape index (κ2) is 6.42. The van der Waals surface area contributed by atoms with Crippen LogP contribution in [-0.2, 0) is 11.3 Å². The van der Waals surface area contributed by atoms with E-state index in [1.54, 1.807) is 4.90 Å². The summed E-state index contributed by atoms with van der Waals surface area (Å²) in [6, 6.07) is 9.67. The summed E-state index contributed by atoms with van der Waals surface area (Å²) in [6.07, 6.45) is 2.08. The Bertz CT molecular complexity index is 709. The van der Waals surface area contributed by atoms with Gasteiger partial charge in [0.15, 0.2) is 5.82 Å². The number of anilines is 2. The predicted molar refractivity (Wildman–Crippen MR) is 90.1 cm³/mol. The molecule has 1 aliphatic rings. The number of nitrogens with two attached hydrogens (primary N) is 1. The molecule has 0 aliphatic carbocycles. The molecule has 0 spiro atoms. The number of likely N-dealkylation sites (tertiary alicyclic amines) is 1. The minimum absolute atomic E-state index is 0.0737. The van der Waals surface area contributed by atoms with Gasteiger partial charge in [-0.05, 0) is 12.0 Å². The lowest BCUT2D eigenvalue weighted by atomic mass is 10.2. The maximum absolute atomic E-state index is 12.7. The van der Waals surface area contributed by atoms with E-state index in [-0.39, 0.29) is 22.8 Å². The first-order valence-corrected chi connectivity index (χ1v) is 7.77.